The van der Waals surface area contributed by atoms with Gasteiger partial charge in [0.25, 0.3) is 0 Å². The smallest absolute Gasteiger partial charge is 0.244 e. The summed E-state index contributed by atoms with van der Waals surface area (Å²) in [5.41, 5.74) is 2.49. The Morgan fingerprint density at radius 2 is 1.85 bits per heavy atom. The van der Waals surface area contributed by atoms with Gasteiger partial charge in [-0.15, -0.1) is 0 Å². The summed E-state index contributed by atoms with van der Waals surface area (Å²) in [5.74, 6) is 0.183. The van der Waals surface area contributed by atoms with Crippen molar-refractivity contribution in [2.75, 3.05) is 17.7 Å². The van der Waals surface area contributed by atoms with Gasteiger partial charge in [-0.2, -0.15) is 0 Å². The Kier molecular flexibility index (Phi) is 6.85. The number of methoxy groups -OCH3 is 1. The molecular weight excluding hydrogens is 364 g/mol. The molecule has 0 aliphatic heterocycles. The molecular formula is C20H26N2O4S. The van der Waals surface area contributed by atoms with Crippen LogP contribution in [0.25, 0.3) is 0 Å². The van der Waals surface area contributed by atoms with Crippen LogP contribution in [0.1, 0.15) is 24.5 Å². The van der Waals surface area contributed by atoms with E-state index in [1.807, 2.05) is 31.2 Å². The van der Waals surface area contributed by atoms with E-state index in [4.69, 9.17) is 4.74 Å². The number of hydrogen-bond donors (Lipinski definition) is 1. The van der Waals surface area contributed by atoms with Crippen LogP contribution in [0.3, 0.4) is 0 Å². The van der Waals surface area contributed by atoms with E-state index in [0.29, 0.717) is 24.4 Å². The Morgan fingerprint density at radius 3 is 2.41 bits per heavy atom. The Bertz CT molecular complexity index is 879. The number of sulfonamides is 1. The molecule has 0 fully saturated rings. The van der Waals surface area contributed by atoms with Crippen molar-refractivity contribution in [2.24, 2.45) is 0 Å². The van der Waals surface area contributed by atoms with Gasteiger partial charge in [0.05, 0.1) is 19.1 Å². The van der Waals surface area contributed by atoms with E-state index in [1.54, 1.807) is 31.2 Å². The van der Waals surface area contributed by atoms with E-state index in [0.717, 1.165) is 21.7 Å². The predicted octanol–water partition coefficient (Wildman–Crippen LogP) is 2.86. The van der Waals surface area contributed by atoms with Crippen molar-refractivity contribution in [3.8, 4) is 5.75 Å². The topological polar surface area (TPSA) is 75.7 Å². The van der Waals surface area contributed by atoms with Crippen LogP contribution in [0.4, 0.5) is 5.69 Å². The molecule has 0 radical (unpaired) electrons. The maximum Gasteiger partial charge on any atom is 0.244 e. The number of hydrogen-bond acceptors (Lipinski definition) is 4. The second-order valence-electron chi connectivity index (χ2n) is 6.39. The second kappa shape index (κ2) is 8.90. The van der Waals surface area contributed by atoms with Gasteiger partial charge in [-0.25, -0.2) is 8.42 Å². The Hall–Kier alpha value is -2.54. The number of nitrogens with one attached hydrogen (secondary N) is 1. The molecule has 1 atom stereocenters. The molecule has 2 rings (SSSR count). The van der Waals surface area contributed by atoms with Crippen molar-refractivity contribution < 1.29 is 17.9 Å². The molecule has 1 N–H and O–H groups in total. The fraction of sp³-hybridized carbons (Fsp3) is 0.350. The molecule has 0 saturated carbocycles. The Balaban J connectivity index is 2.25. The number of nitrogens with zero attached hydrogens (tertiary/aromatic N) is 1. The maximum atomic E-state index is 12.8. The van der Waals surface area contributed by atoms with Gasteiger partial charge in [0.1, 0.15) is 11.8 Å². The summed E-state index contributed by atoms with van der Waals surface area (Å²) in [6.45, 7) is 4.12. The third-order valence-electron chi connectivity index (χ3n) is 4.22. The molecule has 0 aromatic heterocycles. The largest absolute Gasteiger partial charge is 0.497 e. The monoisotopic (exact) mass is 390 g/mol. The lowest BCUT2D eigenvalue weighted by Gasteiger charge is -2.30. The van der Waals surface area contributed by atoms with Gasteiger partial charge in [-0.05, 0) is 31.0 Å². The van der Waals surface area contributed by atoms with Crippen molar-refractivity contribution in [1.29, 1.82) is 0 Å². The third kappa shape index (κ3) is 5.47. The Labute approximate surface area is 161 Å². The van der Waals surface area contributed by atoms with Crippen molar-refractivity contribution in [3.63, 3.8) is 0 Å². The molecule has 7 heteroatoms. The first-order chi connectivity index (χ1) is 12.8. The standard InChI is InChI=1S/C20H26N2O4S/c1-5-19(20(23)21-14-16-11-9-15(2)10-12-16)22(27(4,24)25)17-7-6-8-18(13-17)26-3/h6-13,19H,5,14H2,1-4H3,(H,21,23)/t19-/m0/s1. The highest BCUT2D eigenvalue weighted by Gasteiger charge is 2.31. The zero-order chi connectivity index (χ0) is 20.0. The fourth-order valence-electron chi connectivity index (χ4n) is 2.82. The number of carbonyl (C=O) groups is 1. The van der Waals surface area contributed by atoms with Gasteiger partial charge in [-0.1, -0.05) is 42.8 Å². The van der Waals surface area contributed by atoms with Crippen LogP contribution in [0.5, 0.6) is 5.75 Å². The SMILES string of the molecule is CC[C@@H](C(=O)NCc1ccc(C)cc1)N(c1cccc(OC)c1)S(C)(=O)=O. The first-order valence-electron chi connectivity index (χ1n) is 8.73. The van der Waals surface area contributed by atoms with E-state index >= 15 is 0 Å². The van der Waals surface area contributed by atoms with E-state index in [1.165, 1.54) is 7.11 Å². The molecule has 0 spiro atoms. The van der Waals surface area contributed by atoms with E-state index in [9.17, 15) is 13.2 Å². The van der Waals surface area contributed by atoms with Crippen molar-refractivity contribution in [1.82, 2.24) is 5.32 Å². The molecule has 0 bridgehead atoms. The molecule has 6 nitrogen and oxygen atoms in total. The second-order valence-corrected chi connectivity index (χ2v) is 8.25. The molecule has 1 amide bonds. The summed E-state index contributed by atoms with van der Waals surface area (Å²) in [6, 6.07) is 13.6. The Morgan fingerprint density at radius 1 is 1.19 bits per heavy atom. The van der Waals surface area contributed by atoms with Crippen LogP contribution in [0, 0.1) is 6.92 Å². The molecule has 0 unspecified atom stereocenters. The highest BCUT2D eigenvalue weighted by atomic mass is 32.2. The van der Waals surface area contributed by atoms with Crippen molar-refractivity contribution in [2.45, 2.75) is 32.9 Å². The van der Waals surface area contributed by atoms with Gasteiger partial charge in [0.2, 0.25) is 15.9 Å². The van der Waals surface area contributed by atoms with Crippen LogP contribution in [-0.4, -0.2) is 33.7 Å². The number of benzene rings is 2. The van der Waals surface area contributed by atoms with Gasteiger partial charge >= 0.3 is 0 Å². The quantitative estimate of drug-likeness (QED) is 0.752. The lowest BCUT2D eigenvalue weighted by molar-refractivity contribution is -0.122. The van der Waals surface area contributed by atoms with E-state index < -0.39 is 16.1 Å². The van der Waals surface area contributed by atoms with Gasteiger partial charge in [0.15, 0.2) is 0 Å². The molecule has 146 valence electrons. The molecule has 2 aromatic rings. The first-order valence-corrected chi connectivity index (χ1v) is 10.6. The summed E-state index contributed by atoms with van der Waals surface area (Å²) >= 11 is 0. The van der Waals surface area contributed by atoms with Gasteiger partial charge in [0, 0.05) is 12.6 Å². The lowest BCUT2D eigenvalue weighted by Crippen LogP contribution is -2.49. The van der Waals surface area contributed by atoms with Crippen molar-refractivity contribution in [3.05, 3.63) is 59.7 Å². The molecule has 0 heterocycles. The number of amides is 1. The number of rotatable bonds is 8. The van der Waals surface area contributed by atoms with E-state index in [2.05, 4.69) is 5.32 Å². The van der Waals surface area contributed by atoms with Crippen molar-refractivity contribution >= 4 is 21.6 Å². The average Bonchev–Trinajstić information content (AvgIpc) is 2.64. The van der Waals surface area contributed by atoms with Crippen LogP contribution in [0.2, 0.25) is 0 Å². The molecule has 27 heavy (non-hydrogen) atoms. The van der Waals surface area contributed by atoms with Gasteiger partial charge < -0.3 is 10.1 Å². The summed E-state index contributed by atoms with van der Waals surface area (Å²) in [6.07, 6.45) is 1.44. The zero-order valence-corrected chi connectivity index (χ0v) is 16.9. The predicted molar refractivity (Wildman–Crippen MR) is 107 cm³/mol. The van der Waals surface area contributed by atoms with Crippen LogP contribution < -0.4 is 14.4 Å². The maximum absolute atomic E-state index is 12.8. The number of anilines is 1. The lowest BCUT2D eigenvalue weighted by atomic mass is 10.1. The minimum absolute atomic E-state index is 0.337. The normalized spacial score (nSPS) is 12.3. The number of carbonyl (C=O) groups excluding carboxylic acids is 1. The first kappa shape index (κ1) is 20.8. The molecule has 0 aliphatic rings. The molecule has 0 aliphatic carbocycles. The highest BCUT2D eigenvalue weighted by Crippen LogP contribution is 2.26. The number of ether oxygens (including phenoxy) is 1. The number of aryl methyl sites for hydroxylation is 1. The van der Waals surface area contributed by atoms with Crippen LogP contribution in [0.15, 0.2) is 48.5 Å². The highest BCUT2D eigenvalue weighted by molar-refractivity contribution is 7.92. The summed E-state index contributed by atoms with van der Waals surface area (Å²) < 4.78 is 31.2. The minimum Gasteiger partial charge on any atom is -0.497 e. The minimum atomic E-state index is -3.67. The van der Waals surface area contributed by atoms with Crippen LogP contribution in [-0.2, 0) is 21.4 Å². The van der Waals surface area contributed by atoms with E-state index in [-0.39, 0.29) is 5.91 Å². The summed E-state index contributed by atoms with van der Waals surface area (Å²) in [4.78, 5) is 12.8. The fourth-order valence-corrected chi connectivity index (χ4v) is 4.02. The van der Waals surface area contributed by atoms with Crippen LogP contribution >= 0.6 is 0 Å². The zero-order valence-electron chi connectivity index (χ0n) is 16.1. The third-order valence-corrected chi connectivity index (χ3v) is 5.40. The van der Waals surface area contributed by atoms with Gasteiger partial charge in [-0.3, -0.25) is 9.10 Å². The molecule has 2 aromatic carbocycles. The summed E-state index contributed by atoms with van der Waals surface area (Å²) in [5, 5.41) is 2.84. The average molecular weight is 391 g/mol. The molecule has 0 saturated heterocycles. The summed E-state index contributed by atoms with van der Waals surface area (Å²) in [7, 11) is -2.16.